The number of fused-ring (bicyclic) bond motifs is 1. The van der Waals surface area contributed by atoms with Crippen LogP contribution < -0.4 is 10.6 Å². The van der Waals surface area contributed by atoms with Crippen molar-refractivity contribution >= 4 is 34.0 Å². The van der Waals surface area contributed by atoms with Gasteiger partial charge in [0.1, 0.15) is 5.82 Å². The number of thiophene rings is 1. The molecule has 3 aromatic rings. The number of nitrogens with two attached hydrogens (primary N) is 1. The molecule has 24 heavy (non-hydrogen) atoms. The predicted molar refractivity (Wildman–Crippen MR) is 97.0 cm³/mol. The molecule has 3 heterocycles. The molecule has 0 saturated carbocycles. The summed E-state index contributed by atoms with van der Waals surface area (Å²) in [5, 5.41) is 5.15. The van der Waals surface area contributed by atoms with Crippen LogP contribution in [-0.4, -0.2) is 29.0 Å². The Labute approximate surface area is 144 Å². The average Bonchev–Trinajstić information content (AvgIpc) is 3.15. The van der Waals surface area contributed by atoms with Crippen LogP contribution in [0, 0.1) is 5.92 Å². The number of nitrogens with zero attached hydrogens (tertiary/aromatic N) is 3. The number of anilines is 1. The van der Waals surface area contributed by atoms with Gasteiger partial charge in [0.05, 0.1) is 5.52 Å². The van der Waals surface area contributed by atoms with E-state index >= 15 is 0 Å². The Morgan fingerprint density at radius 1 is 1.17 bits per heavy atom. The molecule has 2 N–H and O–H groups in total. The monoisotopic (exact) mass is 338 g/mol. The number of hydrogen-bond donors (Lipinski definition) is 1. The summed E-state index contributed by atoms with van der Waals surface area (Å²) in [7, 11) is 0. The third-order valence-corrected chi connectivity index (χ3v) is 5.24. The zero-order valence-corrected chi connectivity index (χ0v) is 14.0. The Bertz CT molecular complexity index is 870. The fourth-order valence-corrected chi connectivity index (χ4v) is 3.83. The maximum Gasteiger partial charge on any atom is 0.220 e. The highest BCUT2D eigenvalue weighted by Crippen LogP contribution is 2.30. The Kier molecular flexibility index (Phi) is 3.90. The molecule has 1 aliphatic heterocycles. The number of carbonyl (C=O) groups is 1. The van der Waals surface area contributed by atoms with E-state index in [0.717, 1.165) is 54.0 Å². The van der Waals surface area contributed by atoms with Crippen LogP contribution in [0.2, 0.25) is 0 Å². The Morgan fingerprint density at radius 3 is 2.67 bits per heavy atom. The van der Waals surface area contributed by atoms with Crippen molar-refractivity contribution in [3.8, 4) is 11.4 Å². The molecular weight excluding hydrogens is 320 g/mol. The lowest BCUT2D eigenvalue weighted by Crippen LogP contribution is -2.39. The number of primary amides is 1. The molecule has 5 nitrogen and oxygen atoms in total. The summed E-state index contributed by atoms with van der Waals surface area (Å²) < 4.78 is 0. The SMILES string of the molecule is NC(=O)C1CCN(c2nc(-c3ccsc3)nc3ccccc23)CC1. The van der Waals surface area contributed by atoms with Crippen LogP contribution >= 0.6 is 11.3 Å². The first-order chi connectivity index (χ1) is 11.7. The number of piperidine rings is 1. The van der Waals surface area contributed by atoms with Gasteiger partial charge in [0.25, 0.3) is 0 Å². The van der Waals surface area contributed by atoms with Crippen LogP contribution in [-0.2, 0) is 4.79 Å². The summed E-state index contributed by atoms with van der Waals surface area (Å²) in [6, 6.07) is 10.1. The number of benzene rings is 1. The minimum atomic E-state index is -0.193. The van der Waals surface area contributed by atoms with E-state index in [2.05, 4.69) is 16.3 Å². The first-order valence-electron chi connectivity index (χ1n) is 8.06. The standard InChI is InChI=1S/C18H18N4OS/c19-16(23)12-5-8-22(9-6-12)18-14-3-1-2-4-15(14)20-17(21-18)13-7-10-24-11-13/h1-4,7,10-12H,5-6,8-9H2,(H2,19,23). The lowest BCUT2D eigenvalue weighted by molar-refractivity contribution is -0.122. The molecule has 1 aliphatic rings. The van der Waals surface area contributed by atoms with Crippen LogP contribution in [0.15, 0.2) is 41.1 Å². The summed E-state index contributed by atoms with van der Waals surface area (Å²) in [5.74, 6) is 1.48. The van der Waals surface area contributed by atoms with E-state index in [1.165, 1.54) is 0 Å². The van der Waals surface area contributed by atoms with Crippen LogP contribution in [0.5, 0.6) is 0 Å². The first kappa shape index (κ1) is 15.1. The Morgan fingerprint density at radius 2 is 1.96 bits per heavy atom. The van der Waals surface area contributed by atoms with Crippen molar-refractivity contribution in [1.29, 1.82) is 0 Å². The van der Waals surface area contributed by atoms with E-state index in [1.807, 2.05) is 29.6 Å². The molecule has 0 bridgehead atoms. The van der Waals surface area contributed by atoms with Gasteiger partial charge in [-0.15, -0.1) is 0 Å². The second kappa shape index (κ2) is 6.20. The number of carbonyl (C=O) groups excluding carboxylic acids is 1. The second-order valence-electron chi connectivity index (χ2n) is 6.06. The third-order valence-electron chi connectivity index (χ3n) is 4.56. The van der Waals surface area contributed by atoms with Gasteiger partial charge in [-0.05, 0) is 36.4 Å². The summed E-state index contributed by atoms with van der Waals surface area (Å²) in [6.07, 6.45) is 1.56. The molecule has 0 atom stereocenters. The highest BCUT2D eigenvalue weighted by Gasteiger charge is 2.25. The van der Waals surface area contributed by atoms with Gasteiger partial charge in [-0.2, -0.15) is 11.3 Å². The molecule has 6 heteroatoms. The molecule has 0 aliphatic carbocycles. The molecule has 0 unspecified atom stereocenters. The fourth-order valence-electron chi connectivity index (χ4n) is 3.20. The molecule has 2 aromatic heterocycles. The lowest BCUT2D eigenvalue weighted by Gasteiger charge is -2.32. The third kappa shape index (κ3) is 2.73. The molecule has 4 rings (SSSR count). The summed E-state index contributed by atoms with van der Waals surface area (Å²) in [6.45, 7) is 1.58. The topological polar surface area (TPSA) is 72.1 Å². The Balaban J connectivity index is 1.75. The first-order valence-corrected chi connectivity index (χ1v) is 9.00. The fraction of sp³-hybridized carbons (Fsp3) is 0.278. The summed E-state index contributed by atoms with van der Waals surface area (Å²) in [4.78, 5) is 23.2. The van der Waals surface area contributed by atoms with Crippen LogP contribution in [0.25, 0.3) is 22.3 Å². The lowest BCUT2D eigenvalue weighted by atomic mass is 9.96. The van der Waals surface area contributed by atoms with Crippen molar-refractivity contribution in [2.75, 3.05) is 18.0 Å². The number of para-hydroxylation sites is 1. The highest BCUT2D eigenvalue weighted by molar-refractivity contribution is 7.08. The van der Waals surface area contributed by atoms with Crippen molar-refractivity contribution in [1.82, 2.24) is 9.97 Å². The largest absolute Gasteiger partial charge is 0.369 e. The van der Waals surface area contributed by atoms with Gasteiger partial charge in [0.15, 0.2) is 5.82 Å². The van der Waals surface area contributed by atoms with Crippen LogP contribution in [0.1, 0.15) is 12.8 Å². The van der Waals surface area contributed by atoms with Crippen LogP contribution in [0.4, 0.5) is 5.82 Å². The number of aromatic nitrogens is 2. The van der Waals surface area contributed by atoms with Gasteiger partial charge in [-0.1, -0.05) is 12.1 Å². The molecule has 122 valence electrons. The highest BCUT2D eigenvalue weighted by atomic mass is 32.1. The van der Waals surface area contributed by atoms with Crippen LogP contribution in [0.3, 0.4) is 0 Å². The number of amides is 1. The molecule has 1 saturated heterocycles. The summed E-state index contributed by atoms with van der Waals surface area (Å²) in [5.41, 5.74) is 7.43. The van der Waals surface area contributed by atoms with Crippen molar-refractivity contribution < 1.29 is 4.79 Å². The van der Waals surface area contributed by atoms with Gasteiger partial charge >= 0.3 is 0 Å². The second-order valence-corrected chi connectivity index (χ2v) is 6.84. The van der Waals surface area contributed by atoms with E-state index in [9.17, 15) is 4.79 Å². The quantitative estimate of drug-likeness (QED) is 0.797. The zero-order valence-electron chi connectivity index (χ0n) is 13.2. The van der Waals surface area contributed by atoms with E-state index in [0.29, 0.717) is 0 Å². The predicted octanol–water partition coefficient (Wildman–Crippen LogP) is 3.06. The smallest absolute Gasteiger partial charge is 0.220 e. The molecule has 0 spiro atoms. The Hall–Kier alpha value is -2.47. The molecule has 1 amide bonds. The molecule has 1 fully saturated rings. The van der Waals surface area contributed by atoms with Crippen molar-refractivity contribution in [3.05, 3.63) is 41.1 Å². The van der Waals surface area contributed by atoms with Crippen molar-refractivity contribution in [3.63, 3.8) is 0 Å². The van der Waals surface area contributed by atoms with Gasteiger partial charge < -0.3 is 10.6 Å². The van der Waals surface area contributed by atoms with Crippen molar-refractivity contribution in [2.45, 2.75) is 12.8 Å². The molecule has 1 aromatic carbocycles. The molecular formula is C18H18N4OS. The van der Waals surface area contributed by atoms with Gasteiger partial charge in [-0.3, -0.25) is 4.79 Å². The van der Waals surface area contributed by atoms with Gasteiger partial charge in [0, 0.05) is 35.3 Å². The van der Waals surface area contributed by atoms with E-state index in [-0.39, 0.29) is 11.8 Å². The minimum Gasteiger partial charge on any atom is -0.369 e. The van der Waals surface area contributed by atoms with Crippen molar-refractivity contribution in [2.24, 2.45) is 11.7 Å². The number of rotatable bonds is 3. The van der Waals surface area contributed by atoms with E-state index in [4.69, 9.17) is 15.7 Å². The maximum absolute atomic E-state index is 11.4. The van der Waals surface area contributed by atoms with E-state index < -0.39 is 0 Å². The number of hydrogen-bond acceptors (Lipinski definition) is 5. The zero-order chi connectivity index (χ0) is 16.5. The van der Waals surface area contributed by atoms with Gasteiger partial charge in [0.2, 0.25) is 5.91 Å². The van der Waals surface area contributed by atoms with E-state index in [1.54, 1.807) is 11.3 Å². The summed E-state index contributed by atoms with van der Waals surface area (Å²) >= 11 is 1.64. The minimum absolute atomic E-state index is 0.0225. The average molecular weight is 338 g/mol. The van der Waals surface area contributed by atoms with Gasteiger partial charge in [-0.25, -0.2) is 9.97 Å². The maximum atomic E-state index is 11.4. The molecule has 0 radical (unpaired) electrons. The normalized spacial score (nSPS) is 15.8.